The molecule has 1 heterocycles. The van der Waals surface area contributed by atoms with E-state index >= 15 is 0 Å². The molecule has 0 spiro atoms. The minimum atomic E-state index is 0.00219. The van der Waals surface area contributed by atoms with E-state index in [-0.39, 0.29) is 5.91 Å². The first-order valence-electron chi connectivity index (χ1n) is 7.77. The Morgan fingerprint density at radius 2 is 2.15 bits per heavy atom. The Labute approximate surface area is 121 Å². The SMILES string of the molecule is CCNc1cc(C(=O)NCCC2CCCCC2)ccn1. The molecule has 0 atom stereocenters. The molecule has 110 valence electrons. The quantitative estimate of drug-likeness (QED) is 0.838. The first-order valence-corrected chi connectivity index (χ1v) is 7.77. The molecule has 0 bridgehead atoms. The molecule has 1 saturated carbocycles. The van der Waals surface area contributed by atoms with E-state index in [4.69, 9.17) is 0 Å². The lowest BCUT2D eigenvalue weighted by Crippen LogP contribution is -2.26. The van der Waals surface area contributed by atoms with E-state index in [1.165, 1.54) is 32.1 Å². The first kappa shape index (κ1) is 14.8. The number of rotatable bonds is 6. The number of anilines is 1. The number of pyridine rings is 1. The van der Waals surface area contributed by atoms with E-state index in [2.05, 4.69) is 15.6 Å². The molecular formula is C16H25N3O. The van der Waals surface area contributed by atoms with E-state index in [1.54, 1.807) is 18.3 Å². The molecule has 20 heavy (non-hydrogen) atoms. The van der Waals surface area contributed by atoms with Crippen LogP contribution in [-0.4, -0.2) is 24.0 Å². The van der Waals surface area contributed by atoms with Gasteiger partial charge in [-0.2, -0.15) is 0 Å². The molecule has 2 N–H and O–H groups in total. The third-order valence-corrected chi connectivity index (χ3v) is 3.94. The smallest absolute Gasteiger partial charge is 0.251 e. The van der Waals surface area contributed by atoms with Gasteiger partial charge in [0.15, 0.2) is 0 Å². The second-order valence-corrected chi connectivity index (χ2v) is 5.51. The molecule has 4 heteroatoms. The van der Waals surface area contributed by atoms with Gasteiger partial charge < -0.3 is 10.6 Å². The Balaban J connectivity index is 1.77. The molecule has 0 aliphatic heterocycles. The third-order valence-electron chi connectivity index (χ3n) is 3.94. The second-order valence-electron chi connectivity index (χ2n) is 5.51. The summed E-state index contributed by atoms with van der Waals surface area (Å²) in [5, 5.41) is 6.14. The summed E-state index contributed by atoms with van der Waals surface area (Å²) < 4.78 is 0. The normalized spacial score (nSPS) is 15.8. The van der Waals surface area contributed by atoms with Crippen LogP contribution in [0.4, 0.5) is 5.82 Å². The van der Waals surface area contributed by atoms with Crippen molar-refractivity contribution in [3.05, 3.63) is 23.9 Å². The minimum absolute atomic E-state index is 0.00219. The molecule has 2 rings (SSSR count). The fourth-order valence-corrected chi connectivity index (χ4v) is 2.82. The predicted octanol–water partition coefficient (Wildman–Crippen LogP) is 3.21. The summed E-state index contributed by atoms with van der Waals surface area (Å²) in [5.74, 6) is 1.56. The highest BCUT2D eigenvalue weighted by Gasteiger charge is 2.13. The van der Waals surface area contributed by atoms with Crippen molar-refractivity contribution in [2.75, 3.05) is 18.4 Å². The highest BCUT2D eigenvalue weighted by molar-refractivity contribution is 5.94. The zero-order valence-corrected chi connectivity index (χ0v) is 12.3. The van der Waals surface area contributed by atoms with Crippen LogP contribution < -0.4 is 10.6 Å². The highest BCUT2D eigenvalue weighted by atomic mass is 16.1. The number of carbonyl (C=O) groups is 1. The Kier molecular flexibility index (Phi) is 5.84. The monoisotopic (exact) mass is 275 g/mol. The molecule has 1 aliphatic rings. The molecule has 0 saturated heterocycles. The number of nitrogens with one attached hydrogen (secondary N) is 2. The van der Waals surface area contributed by atoms with Gasteiger partial charge in [-0.05, 0) is 31.4 Å². The van der Waals surface area contributed by atoms with Crippen molar-refractivity contribution in [2.45, 2.75) is 45.4 Å². The van der Waals surface area contributed by atoms with E-state index in [9.17, 15) is 4.79 Å². The van der Waals surface area contributed by atoms with Crippen molar-refractivity contribution >= 4 is 11.7 Å². The lowest BCUT2D eigenvalue weighted by atomic mass is 9.87. The maximum absolute atomic E-state index is 12.1. The Hall–Kier alpha value is -1.58. The molecule has 0 radical (unpaired) electrons. The Morgan fingerprint density at radius 3 is 2.90 bits per heavy atom. The number of amides is 1. The van der Waals surface area contributed by atoms with Crippen molar-refractivity contribution in [1.82, 2.24) is 10.3 Å². The predicted molar refractivity (Wildman–Crippen MR) is 81.9 cm³/mol. The molecule has 1 aliphatic carbocycles. The molecule has 4 nitrogen and oxygen atoms in total. The van der Waals surface area contributed by atoms with Crippen LogP contribution in [0.3, 0.4) is 0 Å². The first-order chi connectivity index (χ1) is 9.79. The van der Waals surface area contributed by atoms with Crippen LogP contribution in [0.1, 0.15) is 55.8 Å². The van der Waals surface area contributed by atoms with Gasteiger partial charge in [-0.25, -0.2) is 4.98 Å². The number of carbonyl (C=O) groups excluding carboxylic acids is 1. The van der Waals surface area contributed by atoms with Gasteiger partial charge in [-0.15, -0.1) is 0 Å². The highest BCUT2D eigenvalue weighted by Crippen LogP contribution is 2.25. The second kappa shape index (κ2) is 7.88. The van der Waals surface area contributed by atoms with Gasteiger partial charge in [0.05, 0.1) is 0 Å². The van der Waals surface area contributed by atoms with Crippen LogP contribution >= 0.6 is 0 Å². The number of nitrogens with zero attached hydrogens (tertiary/aromatic N) is 1. The molecule has 1 fully saturated rings. The summed E-state index contributed by atoms with van der Waals surface area (Å²) in [6, 6.07) is 3.57. The topological polar surface area (TPSA) is 54.0 Å². The van der Waals surface area contributed by atoms with Gasteiger partial charge in [-0.1, -0.05) is 32.1 Å². The summed E-state index contributed by atoms with van der Waals surface area (Å²) in [7, 11) is 0. The average molecular weight is 275 g/mol. The molecule has 1 amide bonds. The number of hydrogen-bond donors (Lipinski definition) is 2. The van der Waals surface area contributed by atoms with Gasteiger partial charge in [0.25, 0.3) is 5.91 Å². The van der Waals surface area contributed by atoms with Crippen LogP contribution in [-0.2, 0) is 0 Å². The van der Waals surface area contributed by atoms with Crippen molar-refractivity contribution in [3.8, 4) is 0 Å². The lowest BCUT2D eigenvalue weighted by Gasteiger charge is -2.21. The maximum Gasteiger partial charge on any atom is 0.251 e. The Morgan fingerprint density at radius 1 is 1.35 bits per heavy atom. The third kappa shape index (κ3) is 4.51. The van der Waals surface area contributed by atoms with Gasteiger partial charge in [-0.3, -0.25) is 4.79 Å². The number of hydrogen-bond acceptors (Lipinski definition) is 3. The van der Waals surface area contributed by atoms with Gasteiger partial charge >= 0.3 is 0 Å². The van der Waals surface area contributed by atoms with Crippen molar-refractivity contribution in [2.24, 2.45) is 5.92 Å². The summed E-state index contributed by atoms with van der Waals surface area (Å²) in [6.07, 6.45) is 9.54. The van der Waals surface area contributed by atoms with Crippen LogP contribution in [0.5, 0.6) is 0 Å². The summed E-state index contributed by atoms with van der Waals surface area (Å²) in [5.41, 5.74) is 0.680. The van der Waals surface area contributed by atoms with Crippen LogP contribution in [0.2, 0.25) is 0 Å². The van der Waals surface area contributed by atoms with E-state index < -0.39 is 0 Å². The Bertz CT molecular complexity index is 427. The van der Waals surface area contributed by atoms with E-state index in [0.717, 1.165) is 31.2 Å². The zero-order valence-electron chi connectivity index (χ0n) is 12.3. The van der Waals surface area contributed by atoms with Crippen LogP contribution in [0, 0.1) is 5.92 Å². The fourth-order valence-electron chi connectivity index (χ4n) is 2.82. The summed E-state index contributed by atoms with van der Waals surface area (Å²) in [4.78, 5) is 16.3. The van der Waals surface area contributed by atoms with Gasteiger partial charge in [0, 0.05) is 24.8 Å². The van der Waals surface area contributed by atoms with Gasteiger partial charge in [0.1, 0.15) is 5.82 Å². The van der Waals surface area contributed by atoms with Crippen molar-refractivity contribution in [3.63, 3.8) is 0 Å². The lowest BCUT2D eigenvalue weighted by molar-refractivity contribution is 0.0950. The summed E-state index contributed by atoms with van der Waals surface area (Å²) in [6.45, 7) is 3.60. The molecular weight excluding hydrogens is 250 g/mol. The fraction of sp³-hybridized carbons (Fsp3) is 0.625. The van der Waals surface area contributed by atoms with Gasteiger partial charge in [0.2, 0.25) is 0 Å². The van der Waals surface area contributed by atoms with Crippen LogP contribution in [0.15, 0.2) is 18.3 Å². The standard InChI is InChI=1S/C16H25N3O/c1-2-17-15-12-14(9-11-18-15)16(20)19-10-8-13-6-4-3-5-7-13/h9,11-13H,2-8,10H2,1H3,(H,17,18)(H,19,20). The molecule has 0 aromatic carbocycles. The zero-order chi connectivity index (χ0) is 14.2. The average Bonchev–Trinajstić information content (AvgIpc) is 2.49. The van der Waals surface area contributed by atoms with Crippen molar-refractivity contribution < 1.29 is 4.79 Å². The number of aromatic nitrogens is 1. The van der Waals surface area contributed by atoms with Crippen LogP contribution in [0.25, 0.3) is 0 Å². The van der Waals surface area contributed by atoms with E-state index in [1.807, 2.05) is 6.92 Å². The summed E-state index contributed by atoms with van der Waals surface area (Å²) >= 11 is 0. The minimum Gasteiger partial charge on any atom is -0.370 e. The van der Waals surface area contributed by atoms with Crippen molar-refractivity contribution in [1.29, 1.82) is 0 Å². The van der Waals surface area contributed by atoms with E-state index in [0.29, 0.717) is 5.56 Å². The molecule has 1 aromatic heterocycles. The molecule has 1 aromatic rings. The molecule has 0 unspecified atom stereocenters. The maximum atomic E-state index is 12.1. The largest absolute Gasteiger partial charge is 0.370 e.